The van der Waals surface area contributed by atoms with E-state index in [0.717, 1.165) is 29.3 Å². The van der Waals surface area contributed by atoms with Gasteiger partial charge >= 0.3 is 12.3 Å². The Balaban J connectivity index is 0.00000216. The summed E-state index contributed by atoms with van der Waals surface area (Å²) < 4.78 is 5.43. The molecule has 1 aliphatic rings. The van der Waals surface area contributed by atoms with E-state index in [0.29, 0.717) is 30.0 Å². The molecule has 35 heavy (non-hydrogen) atoms. The number of amides is 2. The van der Waals surface area contributed by atoms with Crippen molar-refractivity contribution in [1.29, 1.82) is 5.26 Å². The molecule has 0 saturated carbocycles. The summed E-state index contributed by atoms with van der Waals surface area (Å²) in [5.74, 6) is 0.0642. The molecule has 0 radical (unpaired) electrons. The van der Waals surface area contributed by atoms with Gasteiger partial charge in [-0.05, 0) is 48.7 Å². The number of benzene rings is 2. The first-order valence-electron chi connectivity index (χ1n) is 10.7. The fourth-order valence-electron chi connectivity index (χ4n) is 4.16. The molecule has 0 unspecified atom stereocenters. The maximum absolute atomic E-state index is 12.9. The standard InChI is InChI=1S/C25H23N5O3.2H2S/c1-16(24(31)30-11-5-8-23(30)27-2)12-18-15-28-22-10-9-19(13-20(18)22)33-25(32)29-21-7-4-3-6-17(21)14-26;;/h3-4,6-7,9-10,13,15-16,23,28H,5,8,11-12H2,1H3,(H,29,32);2*1H2/t16-,23-;;/m0../s1. The summed E-state index contributed by atoms with van der Waals surface area (Å²) in [6.45, 7) is 9.81. The summed E-state index contributed by atoms with van der Waals surface area (Å²) >= 11 is 0. The van der Waals surface area contributed by atoms with Crippen LogP contribution in [0.15, 0.2) is 48.7 Å². The highest BCUT2D eigenvalue weighted by atomic mass is 32.1. The van der Waals surface area contributed by atoms with Crippen LogP contribution in [0, 0.1) is 23.8 Å². The third kappa shape index (κ3) is 6.10. The Kier molecular flexibility index (Phi) is 9.64. The average molecular weight is 510 g/mol. The van der Waals surface area contributed by atoms with Gasteiger partial charge < -0.3 is 9.72 Å². The minimum atomic E-state index is -0.697. The number of fused-ring (bicyclic) bond motifs is 1. The topological polar surface area (TPSA) is 103 Å². The minimum absolute atomic E-state index is 0. The lowest BCUT2D eigenvalue weighted by atomic mass is 9.99. The quantitative estimate of drug-likeness (QED) is 0.477. The van der Waals surface area contributed by atoms with E-state index < -0.39 is 6.09 Å². The zero-order valence-corrected chi connectivity index (χ0v) is 21.2. The maximum atomic E-state index is 12.9. The molecule has 1 aromatic heterocycles. The molecule has 182 valence electrons. The van der Waals surface area contributed by atoms with Crippen molar-refractivity contribution in [2.75, 3.05) is 11.9 Å². The molecule has 10 heteroatoms. The zero-order chi connectivity index (χ0) is 23.4. The van der Waals surface area contributed by atoms with Gasteiger partial charge in [0.25, 0.3) is 0 Å². The van der Waals surface area contributed by atoms with Crippen LogP contribution < -0.4 is 10.1 Å². The molecular formula is C25H27N5O3S2. The Labute approximate surface area is 218 Å². The van der Waals surface area contributed by atoms with Gasteiger partial charge in [-0.15, -0.1) is 0 Å². The van der Waals surface area contributed by atoms with E-state index in [1.54, 1.807) is 41.3 Å². The summed E-state index contributed by atoms with van der Waals surface area (Å²) in [6, 6.07) is 13.9. The highest BCUT2D eigenvalue weighted by molar-refractivity contribution is 7.59. The van der Waals surface area contributed by atoms with Crippen LogP contribution in [0.25, 0.3) is 15.7 Å². The summed E-state index contributed by atoms with van der Waals surface area (Å²) in [6.07, 6.45) is 2.91. The Bertz CT molecular complexity index is 1290. The van der Waals surface area contributed by atoms with Gasteiger partial charge in [-0.3, -0.25) is 19.9 Å². The monoisotopic (exact) mass is 509 g/mol. The summed E-state index contributed by atoms with van der Waals surface area (Å²) in [5, 5.41) is 12.6. The van der Waals surface area contributed by atoms with Crippen LogP contribution in [-0.2, 0) is 11.2 Å². The number of para-hydroxylation sites is 1. The third-order valence-corrected chi connectivity index (χ3v) is 5.83. The number of nitriles is 1. The molecule has 2 amide bonds. The number of likely N-dealkylation sites (tertiary alicyclic amines) is 1. The number of carbonyl (C=O) groups excluding carboxylic acids is 2. The van der Waals surface area contributed by atoms with Crippen molar-refractivity contribution in [3.05, 3.63) is 71.2 Å². The van der Waals surface area contributed by atoms with E-state index in [2.05, 4.69) is 15.1 Å². The zero-order valence-electron chi connectivity index (χ0n) is 19.2. The van der Waals surface area contributed by atoms with E-state index in [-0.39, 0.29) is 45.0 Å². The van der Waals surface area contributed by atoms with Crippen LogP contribution in [0.2, 0.25) is 0 Å². The van der Waals surface area contributed by atoms with Crippen LogP contribution in [0.3, 0.4) is 0 Å². The second-order valence-corrected chi connectivity index (χ2v) is 8.08. The number of hydrogen-bond acceptors (Lipinski definition) is 4. The van der Waals surface area contributed by atoms with Crippen LogP contribution >= 0.6 is 27.0 Å². The van der Waals surface area contributed by atoms with Crippen LogP contribution in [0.5, 0.6) is 5.75 Å². The number of hydrogen-bond donors (Lipinski definition) is 2. The molecule has 2 atom stereocenters. The summed E-state index contributed by atoms with van der Waals surface area (Å²) in [5.41, 5.74) is 2.52. The molecule has 0 bridgehead atoms. The first kappa shape index (κ1) is 27.6. The highest BCUT2D eigenvalue weighted by Crippen LogP contribution is 2.28. The lowest BCUT2D eigenvalue weighted by molar-refractivity contribution is -0.135. The van der Waals surface area contributed by atoms with Gasteiger partial charge in [0.15, 0.2) is 0 Å². The van der Waals surface area contributed by atoms with E-state index in [1.807, 2.05) is 25.3 Å². The number of aromatic amines is 1. The summed E-state index contributed by atoms with van der Waals surface area (Å²) in [7, 11) is 0. The second-order valence-electron chi connectivity index (χ2n) is 8.08. The number of aromatic nitrogens is 1. The van der Waals surface area contributed by atoms with Gasteiger partial charge in [-0.1, -0.05) is 19.1 Å². The Morgan fingerprint density at radius 3 is 2.83 bits per heavy atom. The maximum Gasteiger partial charge on any atom is 0.417 e. The Morgan fingerprint density at radius 1 is 1.31 bits per heavy atom. The molecule has 1 fully saturated rings. The fourth-order valence-corrected chi connectivity index (χ4v) is 4.16. The van der Waals surface area contributed by atoms with Crippen LogP contribution in [0.4, 0.5) is 10.5 Å². The lowest BCUT2D eigenvalue weighted by Gasteiger charge is -2.20. The third-order valence-electron chi connectivity index (χ3n) is 5.83. The molecular weight excluding hydrogens is 482 g/mol. The molecule has 2 heterocycles. The SMILES string of the molecule is S.S.[C-]#[N+][C@@H]1CCCN1C(=O)[C@@H](C)Cc1c[nH]c2ccc(OC(=O)Nc3ccccc3C#N)cc12. The van der Waals surface area contributed by atoms with Gasteiger partial charge in [0.2, 0.25) is 5.91 Å². The van der Waals surface area contributed by atoms with Crippen molar-refractivity contribution in [3.8, 4) is 11.8 Å². The fraction of sp³-hybridized carbons (Fsp3) is 0.280. The van der Waals surface area contributed by atoms with Crippen molar-refractivity contribution in [3.63, 3.8) is 0 Å². The average Bonchev–Trinajstić information content (AvgIpc) is 3.46. The van der Waals surface area contributed by atoms with Crippen LogP contribution in [-0.4, -0.2) is 34.6 Å². The summed E-state index contributed by atoms with van der Waals surface area (Å²) in [4.78, 5) is 33.7. The minimum Gasteiger partial charge on any atom is -0.410 e. The Hall–Kier alpha value is -3.60. The number of carbonyl (C=O) groups is 2. The van der Waals surface area contributed by atoms with Crippen LogP contribution in [0.1, 0.15) is 30.9 Å². The number of anilines is 1. The molecule has 0 aliphatic carbocycles. The van der Waals surface area contributed by atoms with Crippen molar-refractivity contribution < 1.29 is 14.3 Å². The first-order valence-corrected chi connectivity index (χ1v) is 10.7. The molecule has 8 nitrogen and oxygen atoms in total. The van der Waals surface area contributed by atoms with Crippen molar-refractivity contribution in [2.45, 2.75) is 32.4 Å². The largest absolute Gasteiger partial charge is 0.417 e. The number of nitrogens with one attached hydrogen (secondary N) is 2. The van der Waals surface area contributed by atoms with Crippen molar-refractivity contribution in [1.82, 2.24) is 9.88 Å². The smallest absolute Gasteiger partial charge is 0.410 e. The molecule has 2 N–H and O–H groups in total. The van der Waals surface area contributed by atoms with Gasteiger partial charge in [-0.2, -0.15) is 32.3 Å². The predicted octanol–water partition coefficient (Wildman–Crippen LogP) is 4.92. The lowest BCUT2D eigenvalue weighted by Crippen LogP contribution is -2.38. The highest BCUT2D eigenvalue weighted by Gasteiger charge is 2.35. The van der Waals surface area contributed by atoms with Gasteiger partial charge in [0, 0.05) is 36.0 Å². The first-order chi connectivity index (χ1) is 16.0. The predicted molar refractivity (Wildman–Crippen MR) is 144 cm³/mol. The van der Waals surface area contributed by atoms with Gasteiger partial charge in [0.05, 0.1) is 11.3 Å². The number of nitrogens with zero attached hydrogens (tertiary/aromatic N) is 3. The van der Waals surface area contributed by atoms with E-state index >= 15 is 0 Å². The van der Waals surface area contributed by atoms with Gasteiger partial charge in [-0.25, -0.2) is 11.4 Å². The normalized spacial score (nSPS) is 15.2. The van der Waals surface area contributed by atoms with Crippen molar-refractivity contribution >= 4 is 55.6 Å². The van der Waals surface area contributed by atoms with Crippen molar-refractivity contribution in [2.24, 2.45) is 5.92 Å². The van der Waals surface area contributed by atoms with E-state index in [1.165, 1.54) is 0 Å². The van der Waals surface area contributed by atoms with E-state index in [9.17, 15) is 9.59 Å². The number of rotatable bonds is 5. The number of H-pyrrole nitrogens is 1. The molecule has 4 rings (SSSR count). The number of ether oxygens (including phenoxy) is 1. The van der Waals surface area contributed by atoms with E-state index in [4.69, 9.17) is 16.6 Å². The molecule has 2 aromatic carbocycles. The molecule has 0 spiro atoms. The molecule has 1 saturated heterocycles. The van der Waals surface area contributed by atoms with Gasteiger partial charge in [0.1, 0.15) is 11.8 Å². The second kappa shape index (κ2) is 12.2. The molecule has 3 aromatic rings. The Morgan fingerprint density at radius 2 is 2.09 bits per heavy atom. The molecule has 1 aliphatic heterocycles.